The first-order valence-corrected chi connectivity index (χ1v) is 9.18. The Morgan fingerprint density at radius 3 is 2.48 bits per heavy atom. The zero-order valence-electron chi connectivity index (χ0n) is 15.8. The van der Waals surface area contributed by atoms with Gasteiger partial charge in [-0.1, -0.05) is 0 Å². The highest BCUT2D eigenvalue weighted by molar-refractivity contribution is 5.92. The van der Waals surface area contributed by atoms with Crippen LogP contribution in [0.1, 0.15) is 31.2 Å². The lowest BCUT2D eigenvalue weighted by Gasteiger charge is -2.34. The molecule has 1 fully saturated rings. The molecular weight excluding hydrogens is 378 g/mol. The molecule has 0 spiro atoms. The normalized spacial score (nSPS) is 16.4. The Morgan fingerprint density at radius 1 is 1.28 bits per heavy atom. The molecular formula is C22H22F2N2O3. The highest BCUT2D eigenvalue weighted by atomic mass is 19.1. The number of aromatic hydroxyl groups is 1. The molecule has 1 aliphatic heterocycles. The van der Waals surface area contributed by atoms with Crippen molar-refractivity contribution in [2.24, 2.45) is 5.92 Å². The summed E-state index contributed by atoms with van der Waals surface area (Å²) in [6.07, 6.45) is 14.9. The number of piperidine rings is 1. The van der Waals surface area contributed by atoms with E-state index in [0.717, 1.165) is 18.2 Å². The van der Waals surface area contributed by atoms with Crippen LogP contribution in [0.25, 0.3) is 6.08 Å². The minimum atomic E-state index is -1.11. The monoisotopic (exact) mass is 400 g/mol. The van der Waals surface area contributed by atoms with Crippen LogP contribution < -0.4 is 5.32 Å². The van der Waals surface area contributed by atoms with Gasteiger partial charge >= 0.3 is 0 Å². The Morgan fingerprint density at radius 2 is 1.90 bits per heavy atom. The van der Waals surface area contributed by atoms with Crippen molar-refractivity contribution in [2.45, 2.75) is 31.7 Å². The summed E-state index contributed by atoms with van der Waals surface area (Å²) in [5.41, 5.74) is 0.0970. The SMILES string of the molecule is C#CCC(CC#C)C(=O)N1CCC[C@@H](NC(=O)/C=C/c2cc(F)c(O)c(F)c2)C1. The largest absolute Gasteiger partial charge is 0.503 e. The van der Waals surface area contributed by atoms with E-state index < -0.39 is 29.2 Å². The van der Waals surface area contributed by atoms with Gasteiger partial charge in [0.05, 0.1) is 5.92 Å². The van der Waals surface area contributed by atoms with E-state index in [-0.39, 0.29) is 30.4 Å². The molecule has 1 atom stereocenters. The fourth-order valence-electron chi connectivity index (χ4n) is 3.19. The minimum Gasteiger partial charge on any atom is -0.503 e. The van der Waals surface area contributed by atoms with E-state index in [1.54, 1.807) is 4.90 Å². The highest BCUT2D eigenvalue weighted by Gasteiger charge is 2.28. The number of hydrogen-bond acceptors (Lipinski definition) is 3. The summed E-state index contributed by atoms with van der Waals surface area (Å²) >= 11 is 0. The molecule has 1 saturated heterocycles. The second-order valence-corrected chi connectivity index (χ2v) is 6.81. The molecule has 0 radical (unpaired) electrons. The fraction of sp³-hybridized carbons (Fsp3) is 0.364. The van der Waals surface area contributed by atoms with Crippen molar-refractivity contribution in [3.8, 4) is 30.4 Å². The van der Waals surface area contributed by atoms with Crippen molar-refractivity contribution in [2.75, 3.05) is 13.1 Å². The molecule has 0 aliphatic carbocycles. The maximum absolute atomic E-state index is 13.3. The van der Waals surface area contributed by atoms with E-state index in [0.29, 0.717) is 25.9 Å². The van der Waals surface area contributed by atoms with Crippen molar-refractivity contribution >= 4 is 17.9 Å². The van der Waals surface area contributed by atoms with Crippen LogP contribution in [-0.4, -0.2) is 41.0 Å². The number of terminal acetylenes is 2. The van der Waals surface area contributed by atoms with Crippen LogP contribution in [0.2, 0.25) is 0 Å². The molecule has 0 bridgehead atoms. The molecule has 2 rings (SSSR count). The molecule has 0 unspecified atom stereocenters. The summed E-state index contributed by atoms with van der Waals surface area (Å²) < 4.78 is 26.7. The summed E-state index contributed by atoms with van der Waals surface area (Å²) in [5.74, 6) is 0.644. The van der Waals surface area contributed by atoms with Gasteiger partial charge in [0.25, 0.3) is 0 Å². The van der Waals surface area contributed by atoms with Crippen molar-refractivity contribution in [3.63, 3.8) is 0 Å². The van der Waals surface area contributed by atoms with Crippen molar-refractivity contribution < 1.29 is 23.5 Å². The number of likely N-dealkylation sites (tertiary alicyclic amines) is 1. The van der Waals surface area contributed by atoms with E-state index in [1.807, 2.05) is 0 Å². The van der Waals surface area contributed by atoms with Crippen LogP contribution in [0, 0.1) is 42.2 Å². The molecule has 2 amide bonds. The maximum atomic E-state index is 13.3. The third-order valence-corrected chi connectivity index (χ3v) is 4.62. The van der Waals surface area contributed by atoms with E-state index in [1.165, 1.54) is 6.08 Å². The molecule has 0 aromatic heterocycles. The van der Waals surface area contributed by atoms with Gasteiger partial charge in [0.15, 0.2) is 17.4 Å². The molecule has 1 heterocycles. The first-order chi connectivity index (χ1) is 13.8. The number of carbonyl (C=O) groups excluding carboxylic acids is 2. The molecule has 29 heavy (non-hydrogen) atoms. The molecule has 2 N–H and O–H groups in total. The number of halogens is 2. The number of nitrogens with zero attached hydrogens (tertiary/aromatic N) is 1. The molecule has 152 valence electrons. The Bertz CT molecular complexity index is 844. The molecule has 7 heteroatoms. The molecule has 1 aliphatic rings. The number of nitrogens with one attached hydrogen (secondary N) is 1. The van der Waals surface area contributed by atoms with E-state index >= 15 is 0 Å². The number of carbonyl (C=O) groups is 2. The number of amides is 2. The van der Waals surface area contributed by atoms with Gasteiger partial charge in [-0.3, -0.25) is 9.59 Å². The number of hydrogen-bond donors (Lipinski definition) is 2. The van der Waals surface area contributed by atoms with E-state index in [9.17, 15) is 18.4 Å². The number of phenolic OH excluding ortho intramolecular Hbond substituents is 1. The first kappa shape index (κ1) is 22.0. The van der Waals surface area contributed by atoms with Crippen LogP contribution in [0.4, 0.5) is 8.78 Å². The Labute approximate surface area is 168 Å². The average Bonchev–Trinajstić information content (AvgIpc) is 2.70. The number of benzene rings is 1. The van der Waals surface area contributed by atoms with Gasteiger partial charge in [0.2, 0.25) is 11.8 Å². The topological polar surface area (TPSA) is 69.6 Å². The summed E-state index contributed by atoms with van der Waals surface area (Å²) in [6, 6.07) is 1.58. The summed E-state index contributed by atoms with van der Waals surface area (Å²) in [5, 5.41) is 11.9. The number of rotatable bonds is 6. The number of phenols is 1. The Hall–Kier alpha value is -3.32. The predicted molar refractivity (Wildman–Crippen MR) is 105 cm³/mol. The van der Waals surface area contributed by atoms with Crippen LogP contribution in [0.5, 0.6) is 5.75 Å². The van der Waals surface area contributed by atoms with Gasteiger partial charge in [-0.15, -0.1) is 24.7 Å². The van der Waals surface area contributed by atoms with E-state index in [2.05, 4.69) is 17.2 Å². The predicted octanol–water partition coefficient (Wildman–Crippen LogP) is 2.45. The smallest absolute Gasteiger partial charge is 0.244 e. The van der Waals surface area contributed by atoms with Gasteiger partial charge < -0.3 is 15.3 Å². The third-order valence-electron chi connectivity index (χ3n) is 4.62. The highest BCUT2D eigenvalue weighted by Crippen LogP contribution is 2.22. The fourth-order valence-corrected chi connectivity index (χ4v) is 3.19. The zero-order chi connectivity index (χ0) is 21.4. The molecule has 0 saturated carbocycles. The minimum absolute atomic E-state index is 0.0970. The lowest BCUT2D eigenvalue weighted by Crippen LogP contribution is -2.50. The lowest BCUT2D eigenvalue weighted by molar-refractivity contribution is -0.137. The summed E-state index contributed by atoms with van der Waals surface area (Å²) in [6.45, 7) is 0.908. The van der Waals surface area contributed by atoms with E-state index in [4.69, 9.17) is 18.0 Å². The zero-order valence-corrected chi connectivity index (χ0v) is 15.8. The van der Waals surface area contributed by atoms with Crippen LogP contribution in [0.3, 0.4) is 0 Å². The van der Waals surface area contributed by atoms with Crippen molar-refractivity contribution in [1.82, 2.24) is 10.2 Å². The third kappa shape index (κ3) is 6.08. The van der Waals surface area contributed by atoms with Crippen LogP contribution >= 0.6 is 0 Å². The standard InChI is InChI=1S/C22H22F2N2O3/c1-3-6-16(7-4-2)22(29)26-11-5-8-17(14-26)25-20(27)10-9-15-12-18(23)21(28)19(24)13-15/h1-2,9-10,12-13,16-17,28H,5-8,11,14H2,(H,25,27)/b10-9+/t17-/m1/s1. The van der Waals surface area contributed by atoms with Crippen molar-refractivity contribution in [1.29, 1.82) is 0 Å². The quantitative estimate of drug-likeness (QED) is 0.569. The Balaban J connectivity index is 1.96. The van der Waals surface area contributed by atoms with Gasteiger partial charge in [0, 0.05) is 38.0 Å². The molecule has 1 aromatic rings. The lowest BCUT2D eigenvalue weighted by atomic mass is 9.97. The average molecular weight is 400 g/mol. The maximum Gasteiger partial charge on any atom is 0.244 e. The van der Waals surface area contributed by atoms with Gasteiger partial charge in [0.1, 0.15) is 0 Å². The molecule has 1 aromatic carbocycles. The van der Waals surface area contributed by atoms with Gasteiger partial charge in [-0.2, -0.15) is 0 Å². The van der Waals surface area contributed by atoms with Gasteiger partial charge in [-0.25, -0.2) is 8.78 Å². The molecule has 5 nitrogen and oxygen atoms in total. The van der Waals surface area contributed by atoms with Gasteiger partial charge in [-0.05, 0) is 36.6 Å². The summed E-state index contributed by atoms with van der Waals surface area (Å²) in [7, 11) is 0. The first-order valence-electron chi connectivity index (χ1n) is 9.18. The summed E-state index contributed by atoms with van der Waals surface area (Å²) in [4.78, 5) is 26.4. The van der Waals surface area contributed by atoms with Crippen LogP contribution in [0.15, 0.2) is 18.2 Å². The van der Waals surface area contributed by atoms with Crippen molar-refractivity contribution in [3.05, 3.63) is 35.4 Å². The van der Waals surface area contributed by atoms with Crippen LogP contribution in [-0.2, 0) is 9.59 Å². The second kappa shape index (κ2) is 10.3. The Kier molecular flexibility index (Phi) is 7.79. The second-order valence-electron chi connectivity index (χ2n) is 6.81.